The molecular formula is C7H6F2N4O3S. The van der Waals surface area contributed by atoms with Crippen molar-refractivity contribution in [2.75, 3.05) is 6.26 Å². The highest BCUT2D eigenvalue weighted by atomic mass is 32.2. The minimum absolute atomic E-state index is 0.382. The molecule has 0 aliphatic rings. The normalized spacial score (nSPS) is 12.5. The van der Waals surface area contributed by atoms with E-state index in [0.717, 1.165) is 17.0 Å². The van der Waals surface area contributed by atoms with E-state index >= 15 is 0 Å². The molecule has 0 aromatic carbocycles. The summed E-state index contributed by atoms with van der Waals surface area (Å²) in [7, 11) is -3.73. The number of aromatic amines is 1. The summed E-state index contributed by atoms with van der Waals surface area (Å²) in [6.07, 6.45) is -1.22. The number of nitrogens with one attached hydrogen (secondary N) is 1. The van der Waals surface area contributed by atoms with Gasteiger partial charge >= 0.3 is 0 Å². The molecular weight excluding hydrogens is 258 g/mol. The number of H-pyrrole nitrogens is 1. The highest BCUT2D eigenvalue weighted by Crippen LogP contribution is 2.16. The summed E-state index contributed by atoms with van der Waals surface area (Å²) in [5.41, 5.74) is -1.92. The number of hydrogen-bond acceptors (Lipinski definition) is 5. The average molecular weight is 264 g/mol. The molecule has 1 N–H and O–H groups in total. The molecule has 0 spiro atoms. The van der Waals surface area contributed by atoms with Gasteiger partial charge in [-0.1, -0.05) is 0 Å². The lowest BCUT2D eigenvalue weighted by molar-refractivity contribution is 0.146. The Morgan fingerprint density at radius 2 is 2.12 bits per heavy atom. The third-order valence-electron chi connectivity index (χ3n) is 1.90. The molecule has 17 heavy (non-hydrogen) atoms. The van der Waals surface area contributed by atoms with Crippen LogP contribution in [0.3, 0.4) is 0 Å². The van der Waals surface area contributed by atoms with Gasteiger partial charge in [0.2, 0.25) is 20.6 Å². The molecule has 0 saturated heterocycles. The fourth-order valence-electron chi connectivity index (χ4n) is 1.17. The van der Waals surface area contributed by atoms with Gasteiger partial charge in [0, 0.05) is 6.26 Å². The van der Waals surface area contributed by atoms with Crippen LogP contribution in [0, 0.1) is 0 Å². The van der Waals surface area contributed by atoms with Gasteiger partial charge in [-0.15, -0.1) is 5.10 Å². The first-order chi connectivity index (χ1) is 7.79. The number of rotatable bonds is 2. The van der Waals surface area contributed by atoms with E-state index in [-0.39, 0.29) is 5.65 Å². The number of alkyl halides is 2. The lowest BCUT2D eigenvalue weighted by Crippen LogP contribution is -2.18. The summed E-state index contributed by atoms with van der Waals surface area (Å²) in [5, 5.41) is 2.88. The highest BCUT2D eigenvalue weighted by Gasteiger charge is 2.18. The van der Waals surface area contributed by atoms with Crippen molar-refractivity contribution < 1.29 is 17.2 Å². The van der Waals surface area contributed by atoms with E-state index in [2.05, 4.69) is 10.1 Å². The quantitative estimate of drug-likeness (QED) is 0.807. The van der Waals surface area contributed by atoms with Crippen molar-refractivity contribution >= 4 is 15.5 Å². The Bertz CT molecular complexity index is 733. The maximum absolute atomic E-state index is 12.3. The van der Waals surface area contributed by atoms with Gasteiger partial charge in [-0.05, 0) is 0 Å². The van der Waals surface area contributed by atoms with E-state index in [0.29, 0.717) is 0 Å². The number of imidazole rings is 1. The molecule has 0 aliphatic carbocycles. The van der Waals surface area contributed by atoms with Crippen molar-refractivity contribution in [3.8, 4) is 0 Å². The third-order valence-corrected chi connectivity index (χ3v) is 2.79. The summed E-state index contributed by atoms with van der Waals surface area (Å²) < 4.78 is 47.7. The van der Waals surface area contributed by atoms with Crippen LogP contribution in [0.1, 0.15) is 12.1 Å². The van der Waals surface area contributed by atoms with Gasteiger partial charge in [0.25, 0.3) is 12.0 Å². The Hall–Kier alpha value is -1.84. The van der Waals surface area contributed by atoms with Gasteiger partial charge in [0.05, 0.1) is 6.20 Å². The fraction of sp³-hybridized carbons (Fsp3) is 0.286. The van der Waals surface area contributed by atoms with Crippen molar-refractivity contribution in [2.24, 2.45) is 0 Å². The zero-order valence-electron chi connectivity index (χ0n) is 8.39. The number of nitrogens with zero attached hydrogens (tertiary/aromatic N) is 3. The Kier molecular flexibility index (Phi) is 2.45. The molecule has 10 heteroatoms. The highest BCUT2D eigenvalue weighted by molar-refractivity contribution is 7.90. The first kappa shape index (κ1) is 11.6. The van der Waals surface area contributed by atoms with Crippen molar-refractivity contribution in [2.45, 2.75) is 11.6 Å². The molecule has 0 amide bonds. The summed E-state index contributed by atoms with van der Waals surface area (Å²) in [4.78, 5) is 16.7. The number of fused-ring (bicyclic) bond motifs is 1. The van der Waals surface area contributed by atoms with Gasteiger partial charge in [0.15, 0.2) is 0 Å². The van der Waals surface area contributed by atoms with Crippen LogP contribution in [0.2, 0.25) is 0 Å². The predicted octanol–water partition coefficient (Wildman–Crippen LogP) is -0.241. The van der Waals surface area contributed by atoms with Crippen molar-refractivity contribution in [3.05, 3.63) is 22.2 Å². The van der Waals surface area contributed by atoms with Gasteiger partial charge in [-0.2, -0.15) is 0 Å². The Morgan fingerprint density at radius 1 is 1.47 bits per heavy atom. The van der Waals surface area contributed by atoms with Gasteiger partial charge in [-0.25, -0.2) is 26.7 Å². The maximum Gasteiger partial charge on any atom is 0.295 e. The van der Waals surface area contributed by atoms with Crippen LogP contribution < -0.4 is 5.56 Å². The molecule has 2 aromatic heterocycles. The third kappa shape index (κ3) is 2.02. The Morgan fingerprint density at radius 3 is 2.65 bits per heavy atom. The Balaban J connectivity index is 2.79. The molecule has 0 radical (unpaired) electrons. The molecule has 0 atom stereocenters. The summed E-state index contributed by atoms with van der Waals surface area (Å²) in [6, 6.07) is 0. The topological polar surface area (TPSA) is 97.2 Å². The van der Waals surface area contributed by atoms with E-state index in [1.807, 2.05) is 4.98 Å². The molecule has 0 fully saturated rings. The molecule has 7 nitrogen and oxygen atoms in total. The monoisotopic (exact) mass is 264 g/mol. The standard InChI is InChI=1S/C7H6F2N4O3S/c1-17(15,16)7-11-6(14)5-10-3(4(8)9)2-13(5)12-7/h2,4H,1H3,(H,11,12,14). The zero-order valence-corrected chi connectivity index (χ0v) is 9.20. The number of aromatic nitrogens is 4. The van der Waals surface area contributed by atoms with E-state index in [1.165, 1.54) is 0 Å². The molecule has 0 unspecified atom stereocenters. The minimum atomic E-state index is -3.73. The summed E-state index contributed by atoms with van der Waals surface area (Å²) in [6.45, 7) is 0. The lowest BCUT2D eigenvalue weighted by Gasteiger charge is -1.96. The van der Waals surface area contributed by atoms with Crippen molar-refractivity contribution in [1.29, 1.82) is 0 Å². The van der Waals surface area contributed by atoms with E-state index in [1.54, 1.807) is 0 Å². The van der Waals surface area contributed by atoms with E-state index in [9.17, 15) is 22.0 Å². The Labute approximate surface area is 93.0 Å². The molecule has 2 aromatic rings. The summed E-state index contributed by atoms with van der Waals surface area (Å²) in [5.74, 6) is 0. The van der Waals surface area contributed by atoms with Crippen molar-refractivity contribution in [1.82, 2.24) is 19.6 Å². The second kappa shape index (κ2) is 3.58. The maximum atomic E-state index is 12.3. The second-order valence-electron chi connectivity index (χ2n) is 3.27. The van der Waals surface area contributed by atoms with Crippen LogP contribution in [-0.2, 0) is 9.84 Å². The molecule has 0 bridgehead atoms. The predicted molar refractivity (Wildman–Crippen MR) is 51.7 cm³/mol. The van der Waals surface area contributed by atoms with Gasteiger partial charge in [-0.3, -0.25) is 9.78 Å². The first-order valence-electron chi connectivity index (χ1n) is 4.27. The van der Waals surface area contributed by atoms with E-state index < -0.39 is 32.7 Å². The average Bonchev–Trinajstić information content (AvgIpc) is 2.60. The largest absolute Gasteiger partial charge is 0.295 e. The van der Waals surface area contributed by atoms with Crippen molar-refractivity contribution in [3.63, 3.8) is 0 Å². The van der Waals surface area contributed by atoms with Crippen LogP contribution in [0.4, 0.5) is 8.78 Å². The molecule has 0 aliphatic heterocycles. The smallest absolute Gasteiger partial charge is 0.293 e. The molecule has 2 heterocycles. The fourth-order valence-corrected chi connectivity index (χ4v) is 1.68. The van der Waals surface area contributed by atoms with Crippen LogP contribution in [0.15, 0.2) is 16.1 Å². The molecule has 2 rings (SSSR count). The van der Waals surface area contributed by atoms with Crippen LogP contribution >= 0.6 is 0 Å². The van der Waals surface area contributed by atoms with Crippen LogP contribution in [0.25, 0.3) is 5.65 Å². The zero-order chi connectivity index (χ0) is 12.8. The van der Waals surface area contributed by atoms with E-state index in [4.69, 9.17) is 0 Å². The lowest BCUT2D eigenvalue weighted by atomic mass is 10.5. The number of halogens is 2. The second-order valence-corrected chi connectivity index (χ2v) is 5.20. The van der Waals surface area contributed by atoms with Gasteiger partial charge in [0.1, 0.15) is 5.69 Å². The SMILES string of the molecule is CS(=O)(=O)c1nn2cc(C(F)F)nc2c(=O)[nH]1. The molecule has 0 saturated carbocycles. The number of hydrogen-bond donors (Lipinski definition) is 1. The summed E-state index contributed by atoms with van der Waals surface area (Å²) >= 11 is 0. The van der Waals surface area contributed by atoms with Crippen LogP contribution in [0.5, 0.6) is 0 Å². The number of sulfone groups is 1. The molecule has 92 valence electrons. The van der Waals surface area contributed by atoms with Crippen LogP contribution in [-0.4, -0.2) is 34.3 Å². The first-order valence-corrected chi connectivity index (χ1v) is 6.16. The minimum Gasteiger partial charge on any atom is -0.293 e. The van der Waals surface area contributed by atoms with Gasteiger partial charge < -0.3 is 0 Å².